The number of halogens is 1. The van der Waals surface area contributed by atoms with E-state index in [0.29, 0.717) is 12.5 Å². The Kier molecular flexibility index (Phi) is 6.60. The normalized spacial score (nSPS) is 12.7. The Bertz CT molecular complexity index is 341. The molecule has 1 unspecified atom stereocenters. The monoisotopic (exact) mass is 255 g/mol. The van der Waals surface area contributed by atoms with E-state index in [2.05, 4.69) is 19.2 Å². The van der Waals surface area contributed by atoms with Crippen molar-refractivity contribution in [1.82, 2.24) is 5.32 Å². The van der Waals surface area contributed by atoms with Crippen LogP contribution in [0.15, 0.2) is 23.1 Å². The largest absolute Gasteiger partial charge is 0.313 e. The lowest BCUT2D eigenvalue weighted by molar-refractivity contribution is 0.585. The van der Waals surface area contributed by atoms with Gasteiger partial charge in [-0.1, -0.05) is 33.3 Å². The van der Waals surface area contributed by atoms with Gasteiger partial charge < -0.3 is 5.32 Å². The predicted molar refractivity (Wildman–Crippen MR) is 74.0 cm³/mol. The van der Waals surface area contributed by atoms with Crippen molar-refractivity contribution in [3.05, 3.63) is 29.6 Å². The van der Waals surface area contributed by atoms with Crippen LogP contribution in [0.25, 0.3) is 0 Å². The summed E-state index contributed by atoms with van der Waals surface area (Å²) in [6, 6.07) is 5.35. The average molecular weight is 255 g/mol. The van der Waals surface area contributed by atoms with E-state index in [9.17, 15) is 4.39 Å². The van der Waals surface area contributed by atoms with Crippen LogP contribution >= 0.6 is 11.8 Å². The second kappa shape index (κ2) is 7.72. The number of benzene rings is 1. The molecule has 1 atom stereocenters. The zero-order chi connectivity index (χ0) is 12.7. The van der Waals surface area contributed by atoms with Crippen LogP contribution in [0.1, 0.15) is 32.8 Å². The Morgan fingerprint density at radius 1 is 1.35 bits per heavy atom. The molecule has 0 heterocycles. The third-order valence-electron chi connectivity index (χ3n) is 2.85. The van der Waals surface area contributed by atoms with Crippen LogP contribution < -0.4 is 5.32 Å². The Labute approximate surface area is 108 Å². The molecule has 1 nitrogen and oxygen atoms in total. The highest BCUT2D eigenvalue weighted by molar-refractivity contribution is 7.99. The first-order valence-electron chi connectivity index (χ1n) is 6.29. The summed E-state index contributed by atoms with van der Waals surface area (Å²) in [5, 5.41) is 3.19. The molecule has 0 aliphatic rings. The SMILES string of the molecule is CCNCc1c(F)cccc1SCC(C)CC. The number of hydrogen-bond acceptors (Lipinski definition) is 2. The van der Waals surface area contributed by atoms with Crippen molar-refractivity contribution in [2.75, 3.05) is 12.3 Å². The van der Waals surface area contributed by atoms with Crippen molar-refractivity contribution in [1.29, 1.82) is 0 Å². The van der Waals surface area contributed by atoms with Gasteiger partial charge in [-0.2, -0.15) is 0 Å². The van der Waals surface area contributed by atoms with Gasteiger partial charge in [-0.05, 0) is 24.6 Å². The first-order valence-corrected chi connectivity index (χ1v) is 7.28. The number of rotatable bonds is 7. The van der Waals surface area contributed by atoms with Gasteiger partial charge in [-0.25, -0.2) is 4.39 Å². The first kappa shape index (κ1) is 14.5. The fraction of sp³-hybridized carbons (Fsp3) is 0.571. The molecule has 0 saturated heterocycles. The second-order valence-electron chi connectivity index (χ2n) is 4.32. The second-order valence-corrected chi connectivity index (χ2v) is 5.38. The van der Waals surface area contributed by atoms with Gasteiger partial charge >= 0.3 is 0 Å². The van der Waals surface area contributed by atoms with E-state index < -0.39 is 0 Å². The molecule has 17 heavy (non-hydrogen) atoms. The summed E-state index contributed by atoms with van der Waals surface area (Å²) in [6.45, 7) is 7.94. The lowest BCUT2D eigenvalue weighted by Gasteiger charge is -2.13. The van der Waals surface area contributed by atoms with Gasteiger partial charge in [0.25, 0.3) is 0 Å². The summed E-state index contributed by atoms with van der Waals surface area (Å²) >= 11 is 1.76. The van der Waals surface area contributed by atoms with Crippen molar-refractivity contribution in [3.63, 3.8) is 0 Å². The lowest BCUT2D eigenvalue weighted by Crippen LogP contribution is -2.14. The van der Waals surface area contributed by atoms with Gasteiger partial charge in [0.05, 0.1) is 0 Å². The fourth-order valence-corrected chi connectivity index (χ4v) is 2.66. The van der Waals surface area contributed by atoms with Crippen molar-refractivity contribution in [2.45, 2.75) is 38.6 Å². The highest BCUT2D eigenvalue weighted by Gasteiger charge is 2.09. The lowest BCUT2D eigenvalue weighted by atomic mass is 10.2. The highest BCUT2D eigenvalue weighted by atomic mass is 32.2. The van der Waals surface area contributed by atoms with Crippen molar-refractivity contribution >= 4 is 11.8 Å². The molecule has 0 aromatic heterocycles. The Morgan fingerprint density at radius 2 is 2.12 bits per heavy atom. The predicted octanol–water partition coefficient (Wildman–Crippen LogP) is 4.07. The fourth-order valence-electron chi connectivity index (χ4n) is 1.45. The molecule has 1 aromatic rings. The molecule has 1 N–H and O–H groups in total. The summed E-state index contributed by atoms with van der Waals surface area (Å²) in [6.07, 6.45) is 1.17. The Morgan fingerprint density at radius 3 is 2.76 bits per heavy atom. The van der Waals surface area contributed by atoms with Crippen LogP contribution in [0.4, 0.5) is 4.39 Å². The number of thioether (sulfide) groups is 1. The van der Waals surface area contributed by atoms with Crippen molar-refractivity contribution < 1.29 is 4.39 Å². The Balaban J connectivity index is 2.72. The minimum atomic E-state index is -0.0971. The molecule has 1 aromatic carbocycles. The van der Waals surface area contributed by atoms with E-state index in [0.717, 1.165) is 22.8 Å². The standard InChI is InChI=1S/C14H22FNS/c1-4-11(3)10-17-14-8-6-7-13(15)12(14)9-16-5-2/h6-8,11,16H,4-5,9-10H2,1-3H3. The van der Waals surface area contributed by atoms with Gasteiger partial charge in [0, 0.05) is 22.8 Å². The average Bonchev–Trinajstić information content (AvgIpc) is 2.34. The summed E-state index contributed by atoms with van der Waals surface area (Å²) in [5.74, 6) is 1.63. The molecule has 0 bridgehead atoms. The highest BCUT2D eigenvalue weighted by Crippen LogP contribution is 2.27. The van der Waals surface area contributed by atoms with Gasteiger partial charge in [0.15, 0.2) is 0 Å². The van der Waals surface area contributed by atoms with Crippen LogP contribution in [0.5, 0.6) is 0 Å². The third-order valence-corrected chi connectivity index (χ3v) is 4.28. The number of nitrogens with one attached hydrogen (secondary N) is 1. The summed E-state index contributed by atoms with van der Waals surface area (Å²) in [5.41, 5.74) is 0.808. The molecule has 1 rings (SSSR count). The third kappa shape index (κ3) is 4.68. The van der Waals surface area contributed by atoms with E-state index in [1.165, 1.54) is 6.42 Å². The van der Waals surface area contributed by atoms with Crippen LogP contribution in [-0.4, -0.2) is 12.3 Å². The van der Waals surface area contributed by atoms with E-state index in [1.54, 1.807) is 23.9 Å². The zero-order valence-electron chi connectivity index (χ0n) is 10.9. The summed E-state index contributed by atoms with van der Waals surface area (Å²) in [7, 11) is 0. The smallest absolute Gasteiger partial charge is 0.128 e. The minimum Gasteiger partial charge on any atom is -0.313 e. The van der Waals surface area contributed by atoms with E-state index in [-0.39, 0.29) is 5.82 Å². The molecular weight excluding hydrogens is 233 g/mol. The quantitative estimate of drug-likeness (QED) is 0.737. The molecule has 0 amide bonds. The van der Waals surface area contributed by atoms with Crippen LogP contribution in [0.3, 0.4) is 0 Å². The maximum atomic E-state index is 13.7. The zero-order valence-corrected chi connectivity index (χ0v) is 11.7. The molecule has 0 spiro atoms. The number of hydrogen-bond donors (Lipinski definition) is 1. The van der Waals surface area contributed by atoms with E-state index >= 15 is 0 Å². The van der Waals surface area contributed by atoms with Gasteiger partial charge in [0.1, 0.15) is 5.82 Å². The Hall–Kier alpha value is -0.540. The van der Waals surface area contributed by atoms with Crippen LogP contribution in [-0.2, 0) is 6.54 Å². The van der Waals surface area contributed by atoms with Crippen LogP contribution in [0.2, 0.25) is 0 Å². The van der Waals surface area contributed by atoms with Gasteiger partial charge in [-0.15, -0.1) is 11.8 Å². The van der Waals surface area contributed by atoms with Gasteiger partial charge in [-0.3, -0.25) is 0 Å². The molecule has 0 aliphatic carbocycles. The van der Waals surface area contributed by atoms with Crippen molar-refractivity contribution in [2.24, 2.45) is 5.92 Å². The first-order chi connectivity index (χ1) is 8.19. The molecule has 96 valence electrons. The van der Waals surface area contributed by atoms with Gasteiger partial charge in [0.2, 0.25) is 0 Å². The molecule has 0 saturated carbocycles. The van der Waals surface area contributed by atoms with Crippen LogP contribution in [0, 0.1) is 11.7 Å². The molecule has 0 fully saturated rings. The molecule has 3 heteroatoms. The van der Waals surface area contributed by atoms with Crippen molar-refractivity contribution in [3.8, 4) is 0 Å². The molecule has 0 radical (unpaired) electrons. The maximum absolute atomic E-state index is 13.7. The molecule has 0 aliphatic heterocycles. The summed E-state index contributed by atoms with van der Waals surface area (Å²) in [4.78, 5) is 1.08. The minimum absolute atomic E-state index is 0.0971. The topological polar surface area (TPSA) is 12.0 Å². The maximum Gasteiger partial charge on any atom is 0.128 e. The molecular formula is C14H22FNS. The van der Waals surface area contributed by atoms with E-state index in [4.69, 9.17) is 0 Å². The van der Waals surface area contributed by atoms with E-state index in [1.807, 2.05) is 13.0 Å². The summed E-state index contributed by atoms with van der Waals surface area (Å²) < 4.78 is 13.7.